The van der Waals surface area contributed by atoms with Gasteiger partial charge in [0.25, 0.3) is 16.7 Å². The Bertz CT molecular complexity index is 2840. The van der Waals surface area contributed by atoms with E-state index in [1.807, 2.05) is 4.57 Å². The van der Waals surface area contributed by atoms with Crippen molar-refractivity contribution in [1.29, 1.82) is 0 Å². The zero-order chi connectivity index (χ0) is 40.7. The summed E-state index contributed by atoms with van der Waals surface area (Å²) in [4.78, 5) is 79.9. The number of thioether (sulfide) groups is 1. The molecule has 0 bridgehead atoms. The Balaban J connectivity index is 0.000000150. The maximum Gasteiger partial charge on any atom is 0.332 e. The first-order valence-corrected chi connectivity index (χ1v) is 22.1. The molecule has 19 nitrogen and oxygen atoms in total. The number of rotatable bonds is 2. The molecule has 8 heterocycles. The predicted octanol–water partition coefficient (Wildman–Crippen LogP) is 0.0863. The SMILES string of the molecule is BrCCCBr.Cn1c(=O)c2c(nc3n2CCCS3(=O)=O)n(C)c1=O.Cn1c(=O)c2c(nc3n2CCCS3)n(C)c1=O.Cn1c2c(c(=O)n(C)c1=O)CC(=S)N2. The van der Waals surface area contributed by atoms with Crippen molar-refractivity contribution in [3.8, 4) is 0 Å². The zero-order valence-electron chi connectivity index (χ0n) is 30.8. The lowest BCUT2D eigenvalue weighted by Crippen LogP contribution is -2.38. The van der Waals surface area contributed by atoms with Gasteiger partial charge in [0.15, 0.2) is 27.5 Å². The van der Waals surface area contributed by atoms with Crippen molar-refractivity contribution in [3.63, 3.8) is 0 Å². The van der Waals surface area contributed by atoms with Crippen molar-refractivity contribution in [3.05, 3.63) is 68.1 Å². The van der Waals surface area contributed by atoms with Gasteiger partial charge in [-0.05, 0) is 19.3 Å². The quantitative estimate of drug-likeness (QED) is 0.184. The third-order valence-electron chi connectivity index (χ3n) is 9.08. The number of halogens is 2. The monoisotopic (exact) mass is 947 g/mol. The maximum absolute atomic E-state index is 12.1. The number of thiocarbonyl (C=S) groups is 1. The van der Waals surface area contributed by atoms with Crippen molar-refractivity contribution < 1.29 is 8.42 Å². The molecule has 0 radical (unpaired) electrons. The van der Waals surface area contributed by atoms with Crippen LogP contribution in [0.25, 0.3) is 22.3 Å². The van der Waals surface area contributed by atoms with Crippen molar-refractivity contribution in [2.24, 2.45) is 42.3 Å². The molecule has 3 aliphatic heterocycles. The number of nitrogens with one attached hydrogen (secondary N) is 1. The van der Waals surface area contributed by atoms with E-state index < -0.39 is 21.1 Å². The van der Waals surface area contributed by atoms with Crippen LogP contribution in [0.4, 0.5) is 5.82 Å². The van der Waals surface area contributed by atoms with Gasteiger partial charge >= 0.3 is 17.1 Å². The van der Waals surface area contributed by atoms with Crippen LogP contribution >= 0.6 is 55.8 Å². The Hall–Kier alpha value is -3.87. The minimum atomic E-state index is -3.47. The molecule has 1 N–H and O–H groups in total. The first-order chi connectivity index (χ1) is 25.9. The van der Waals surface area contributed by atoms with Crippen molar-refractivity contribution in [2.75, 3.05) is 27.5 Å². The molecular formula is C31H39Br2N11O8S3. The van der Waals surface area contributed by atoms with Crippen LogP contribution < -0.4 is 39.1 Å². The molecule has 0 atom stereocenters. The Morgan fingerprint density at radius 3 is 1.78 bits per heavy atom. The van der Waals surface area contributed by atoms with Crippen LogP contribution in [-0.2, 0) is 71.6 Å². The molecule has 0 aromatic carbocycles. The summed E-state index contributed by atoms with van der Waals surface area (Å²) in [5, 5.41) is 5.79. The van der Waals surface area contributed by atoms with E-state index in [4.69, 9.17) is 12.2 Å². The summed E-state index contributed by atoms with van der Waals surface area (Å²) in [6.45, 7) is 1.21. The third-order valence-corrected chi connectivity index (χ3v) is 13.2. The van der Waals surface area contributed by atoms with Crippen LogP contribution in [0, 0.1) is 0 Å². The van der Waals surface area contributed by atoms with Gasteiger partial charge in [0.05, 0.1) is 16.3 Å². The highest BCUT2D eigenvalue weighted by Gasteiger charge is 2.30. The molecule has 24 heteroatoms. The van der Waals surface area contributed by atoms with Crippen molar-refractivity contribution >= 4 is 98.8 Å². The molecule has 3 aliphatic rings. The summed E-state index contributed by atoms with van der Waals surface area (Å²) in [7, 11) is 5.58. The van der Waals surface area contributed by atoms with Crippen LogP contribution in [0.3, 0.4) is 0 Å². The van der Waals surface area contributed by atoms with Crippen LogP contribution in [0.1, 0.15) is 24.8 Å². The number of imidazole rings is 2. The summed E-state index contributed by atoms with van der Waals surface area (Å²) >= 11 is 13.1. The zero-order valence-corrected chi connectivity index (χ0v) is 36.4. The lowest BCUT2D eigenvalue weighted by atomic mass is 10.2. The fourth-order valence-corrected chi connectivity index (χ4v) is 10.1. The molecule has 0 saturated carbocycles. The third kappa shape index (κ3) is 7.79. The molecule has 5 aromatic heterocycles. The summed E-state index contributed by atoms with van der Waals surface area (Å²) in [5.41, 5.74) is -0.358. The van der Waals surface area contributed by atoms with Gasteiger partial charge < -0.3 is 14.5 Å². The van der Waals surface area contributed by atoms with E-state index in [0.717, 1.165) is 48.2 Å². The number of alkyl halides is 2. The molecule has 0 fully saturated rings. The van der Waals surface area contributed by atoms with E-state index in [9.17, 15) is 37.2 Å². The molecule has 0 amide bonds. The number of hydrogen-bond donors (Lipinski definition) is 1. The lowest BCUT2D eigenvalue weighted by molar-refractivity contribution is 0.533. The topological polar surface area (TPSA) is 214 Å². The van der Waals surface area contributed by atoms with E-state index in [-0.39, 0.29) is 44.6 Å². The van der Waals surface area contributed by atoms with E-state index >= 15 is 0 Å². The standard InChI is InChI=1S/C10H12N4O4S.C10H12N4O2S.C8H9N3O2S.C3H6Br2/c1-12-7-6(8(15)13(2)10(12)16)14-4-3-5-19(17,18)9(14)11-7;1-12-7-6(8(15)13(2)10(12)16)14-4-3-5-17-9(14)11-7;1-10-6-4(3-5(14)9-6)7(12)11(2)8(10)13;4-2-1-3-5/h3-5H2,1-2H3;3-5H2,1-2H3;3H2,1-2H3,(H,9,14);1-3H2. The molecule has 55 heavy (non-hydrogen) atoms. The van der Waals surface area contributed by atoms with Gasteiger partial charge in [-0.3, -0.25) is 41.8 Å². The first kappa shape index (κ1) is 42.3. The predicted molar refractivity (Wildman–Crippen MR) is 221 cm³/mol. The highest BCUT2D eigenvalue weighted by molar-refractivity contribution is 9.09. The largest absolute Gasteiger partial charge is 0.335 e. The highest BCUT2D eigenvalue weighted by atomic mass is 79.9. The minimum Gasteiger partial charge on any atom is -0.335 e. The van der Waals surface area contributed by atoms with Gasteiger partial charge in [0.2, 0.25) is 15.0 Å². The van der Waals surface area contributed by atoms with Crippen LogP contribution in [0.2, 0.25) is 0 Å². The molecule has 0 unspecified atom stereocenters. The number of nitrogens with zero attached hydrogens (tertiary/aromatic N) is 10. The second-order valence-corrected chi connectivity index (χ2v) is 17.9. The second-order valence-electron chi connectivity index (χ2n) is 12.7. The molecule has 0 spiro atoms. The molecule has 0 saturated heterocycles. The number of aryl methyl sites for hydroxylation is 4. The summed E-state index contributed by atoms with van der Waals surface area (Å²) in [6.07, 6.45) is 3.10. The van der Waals surface area contributed by atoms with Gasteiger partial charge in [0.1, 0.15) is 5.82 Å². The Labute approximate surface area is 338 Å². The Morgan fingerprint density at radius 1 is 0.709 bits per heavy atom. The molecule has 0 aliphatic carbocycles. The molecule has 5 aromatic rings. The minimum absolute atomic E-state index is 0.0184. The molecule has 8 rings (SSSR count). The van der Waals surface area contributed by atoms with E-state index in [1.54, 1.807) is 25.9 Å². The lowest BCUT2D eigenvalue weighted by Gasteiger charge is -2.14. The van der Waals surface area contributed by atoms with E-state index in [2.05, 4.69) is 47.1 Å². The Kier molecular flexibility index (Phi) is 12.8. The number of fused-ring (bicyclic) bond motifs is 7. The highest BCUT2D eigenvalue weighted by Crippen LogP contribution is 2.27. The van der Waals surface area contributed by atoms with Crippen molar-refractivity contribution in [1.82, 2.24) is 46.5 Å². The number of aromatic nitrogens is 10. The molecule has 298 valence electrons. The normalized spacial score (nSPS) is 15.1. The molecular weight excluding hydrogens is 910 g/mol. The number of anilines is 1. The Morgan fingerprint density at radius 2 is 1.22 bits per heavy atom. The smallest absolute Gasteiger partial charge is 0.332 e. The van der Waals surface area contributed by atoms with Gasteiger partial charge in [-0.2, -0.15) is 4.98 Å². The van der Waals surface area contributed by atoms with Crippen molar-refractivity contribution in [2.45, 2.75) is 49.1 Å². The number of hydrogen-bond acceptors (Lipinski definition) is 12. The maximum atomic E-state index is 12.1. The summed E-state index contributed by atoms with van der Waals surface area (Å²) in [5.74, 6) is 1.56. The van der Waals surface area contributed by atoms with Gasteiger partial charge in [-0.25, -0.2) is 27.8 Å². The fourth-order valence-electron chi connectivity index (χ4n) is 6.13. The van der Waals surface area contributed by atoms with Crippen LogP contribution in [0.5, 0.6) is 0 Å². The van der Waals surface area contributed by atoms with E-state index in [0.29, 0.717) is 46.9 Å². The first-order valence-electron chi connectivity index (χ1n) is 16.8. The average molecular weight is 950 g/mol. The van der Waals surface area contributed by atoms with Crippen LogP contribution in [0.15, 0.2) is 39.1 Å². The average Bonchev–Trinajstić information content (AvgIpc) is 3.88. The number of sulfone groups is 1. The van der Waals surface area contributed by atoms with Gasteiger partial charge in [-0.15, -0.1) is 0 Å². The van der Waals surface area contributed by atoms with Crippen LogP contribution in [-0.4, -0.2) is 82.1 Å². The van der Waals surface area contributed by atoms with E-state index in [1.165, 1.54) is 52.9 Å². The second kappa shape index (κ2) is 16.7. The fraction of sp³-hybridized carbons (Fsp3) is 0.516. The summed E-state index contributed by atoms with van der Waals surface area (Å²) < 4.78 is 34.4. The van der Waals surface area contributed by atoms with Gasteiger partial charge in [-0.1, -0.05) is 55.8 Å². The van der Waals surface area contributed by atoms with Gasteiger partial charge in [0, 0.05) is 78.2 Å². The summed E-state index contributed by atoms with van der Waals surface area (Å²) in [6, 6.07) is 0.